The first-order chi connectivity index (χ1) is 9.95. The van der Waals surface area contributed by atoms with Crippen molar-refractivity contribution in [3.63, 3.8) is 0 Å². The number of nitrogens with one attached hydrogen (secondary N) is 2. The third-order valence-electron chi connectivity index (χ3n) is 3.19. The molecular weight excluding hydrogens is 270 g/mol. The molecule has 1 aromatic carbocycles. The molecule has 1 fully saturated rings. The summed E-state index contributed by atoms with van der Waals surface area (Å²) < 4.78 is 0. The summed E-state index contributed by atoms with van der Waals surface area (Å²) in [6.45, 7) is 1.48. The first-order valence-corrected chi connectivity index (χ1v) is 6.88. The smallest absolute Gasteiger partial charge is 0.322 e. The average Bonchev–Trinajstić information content (AvgIpc) is 3.22. The molecule has 1 aromatic rings. The predicted octanol–water partition coefficient (Wildman–Crippen LogP) is 1.63. The van der Waals surface area contributed by atoms with Crippen molar-refractivity contribution in [3.05, 3.63) is 29.8 Å². The first-order valence-electron chi connectivity index (χ1n) is 6.88. The van der Waals surface area contributed by atoms with Gasteiger partial charge in [-0.1, -0.05) is 12.1 Å². The third-order valence-corrected chi connectivity index (χ3v) is 3.19. The summed E-state index contributed by atoms with van der Waals surface area (Å²) in [4.78, 5) is 36.2. The molecule has 6 heteroatoms. The van der Waals surface area contributed by atoms with E-state index in [0.717, 1.165) is 12.8 Å². The number of anilines is 1. The fourth-order valence-electron chi connectivity index (χ4n) is 1.82. The van der Waals surface area contributed by atoms with Gasteiger partial charge in [-0.15, -0.1) is 0 Å². The van der Waals surface area contributed by atoms with Crippen molar-refractivity contribution in [1.82, 2.24) is 10.2 Å². The predicted molar refractivity (Wildman–Crippen MR) is 79.3 cm³/mol. The van der Waals surface area contributed by atoms with E-state index in [1.807, 2.05) is 0 Å². The molecule has 0 aromatic heterocycles. The summed E-state index contributed by atoms with van der Waals surface area (Å²) in [7, 11) is 1.55. The van der Waals surface area contributed by atoms with E-state index in [9.17, 15) is 14.4 Å². The molecule has 0 unspecified atom stereocenters. The molecule has 1 saturated carbocycles. The van der Waals surface area contributed by atoms with Crippen LogP contribution >= 0.6 is 0 Å². The number of carbonyl (C=O) groups excluding carboxylic acids is 3. The maximum atomic E-state index is 12.0. The van der Waals surface area contributed by atoms with Crippen LogP contribution in [0, 0.1) is 0 Å². The Hall–Kier alpha value is -2.37. The summed E-state index contributed by atoms with van der Waals surface area (Å²) in [6.07, 6.45) is 2.03. The van der Waals surface area contributed by atoms with Crippen molar-refractivity contribution >= 4 is 23.4 Å². The fraction of sp³-hybridized carbons (Fsp3) is 0.400. The van der Waals surface area contributed by atoms with Gasteiger partial charge in [0.15, 0.2) is 5.78 Å². The lowest BCUT2D eigenvalue weighted by molar-refractivity contribution is -0.121. The number of likely N-dealkylation sites (N-methyl/N-ethyl adjacent to an activating group) is 1. The zero-order valence-corrected chi connectivity index (χ0v) is 12.2. The summed E-state index contributed by atoms with van der Waals surface area (Å²) in [5.41, 5.74) is 1.06. The van der Waals surface area contributed by atoms with E-state index in [-0.39, 0.29) is 30.3 Å². The van der Waals surface area contributed by atoms with Gasteiger partial charge in [0.1, 0.15) is 6.54 Å². The Morgan fingerprint density at radius 3 is 2.62 bits per heavy atom. The monoisotopic (exact) mass is 289 g/mol. The number of amides is 3. The SMILES string of the molecule is CC(=O)c1cccc(NC(=O)N(C)CC(=O)NC2CC2)c1. The highest BCUT2D eigenvalue weighted by Gasteiger charge is 2.24. The van der Waals surface area contributed by atoms with Crippen LogP contribution in [0.25, 0.3) is 0 Å². The summed E-state index contributed by atoms with van der Waals surface area (Å²) in [5, 5.41) is 5.49. The maximum Gasteiger partial charge on any atom is 0.322 e. The van der Waals surface area contributed by atoms with Crippen LogP contribution in [0.5, 0.6) is 0 Å². The maximum absolute atomic E-state index is 12.0. The van der Waals surface area contributed by atoms with E-state index in [2.05, 4.69) is 10.6 Å². The topological polar surface area (TPSA) is 78.5 Å². The Labute approximate surface area is 123 Å². The Kier molecular flexibility index (Phi) is 4.57. The van der Waals surface area contributed by atoms with Crippen LogP contribution in [0.15, 0.2) is 24.3 Å². The average molecular weight is 289 g/mol. The van der Waals surface area contributed by atoms with Crippen molar-refractivity contribution < 1.29 is 14.4 Å². The van der Waals surface area contributed by atoms with Crippen molar-refractivity contribution in [1.29, 1.82) is 0 Å². The van der Waals surface area contributed by atoms with Crippen LogP contribution in [0.2, 0.25) is 0 Å². The van der Waals surface area contributed by atoms with Gasteiger partial charge in [-0.3, -0.25) is 9.59 Å². The minimum atomic E-state index is -0.387. The van der Waals surface area contributed by atoms with E-state index in [1.54, 1.807) is 31.3 Å². The molecule has 0 heterocycles. The lowest BCUT2D eigenvalue weighted by atomic mass is 10.1. The number of ketones is 1. The van der Waals surface area contributed by atoms with Crippen molar-refractivity contribution in [2.24, 2.45) is 0 Å². The molecule has 0 spiro atoms. The molecule has 112 valence electrons. The number of carbonyl (C=O) groups is 3. The zero-order valence-electron chi connectivity index (χ0n) is 12.2. The van der Waals surface area contributed by atoms with Crippen LogP contribution in [-0.2, 0) is 4.79 Å². The van der Waals surface area contributed by atoms with E-state index in [1.165, 1.54) is 11.8 Å². The van der Waals surface area contributed by atoms with Crippen molar-refractivity contribution in [3.8, 4) is 0 Å². The first kappa shape index (κ1) is 15.0. The number of rotatable bonds is 5. The quantitative estimate of drug-likeness (QED) is 0.809. The number of benzene rings is 1. The lowest BCUT2D eigenvalue weighted by Gasteiger charge is -2.17. The number of urea groups is 1. The van der Waals surface area contributed by atoms with Gasteiger partial charge < -0.3 is 15.5 Å². The second-order valence-corrected chi connectivity index (χ2v) is 5.26. The van der Waals surface area contributed by atoms with Gasteiger partial charge in [0.25, 0.3) is 0 Å². The minimum absolute atomic E-state index is 0.00866. The van der Waals surface area contributed by atoms with Gasteiger partial charge in [0.05, 0.1) is 0 Å². The Morgan fingerprint density at radius 2 is 2.00 bits per heavy atom. The van der Waals surface area contributed by atoms with Crippen LogP contribution in [0.4, 0.5) is 10.5 Å². The van der Waals surface area contributed by atoms with Crippen LogP contribution < -0.4 is 10.6 Å². The van der Waals surface area contributed by atoms with Gasteiger partial charge >= 0.3 is 6.03 Å². The molecule has 21 heavy (non-hydrogen) atoms. The van der Waals surface area contributed by atoms with E-state index in [0.29, 0.717) is 11.3 Å². The summed E-state index contributed by atoms with van der Waals surface area (Å²) in [5.74, 6) is -0.226. The van der Waals surface area contributed by atoms with Gasteiger partial charge in [0, 0.05) is 24.3 Å². The largest absolute Gasteiger partial charge is 0.352 e. The fourth-order valence-corrected chi connectivity index (χ4v) is 1.82. The van der Waals surface area contributed by atoms with Crippen molar-refractivity contribution in [2.45, 2.75) is 25.8 Å². The molecule has 2 N–H and O–H groups in total. The van der Waals surface area contributed by atoms with Crippen LogP contribution in [0.3, 0.4) is 0 Å². The van der Waals surface area contributed by atoms with Crippen LogP contribution in [0.1, 0.15) is 30.1 Å². The van der Waals surface area contributed by atoms with Gasteiger partial charge in [-0.05, 0) is 31.9 Å². The molecule has 6 nitrogen and oxygen atoms in total. The third kappa shape index (κ3) is 4.59. The van der Waals surface area contributed by atoms with Gasteiger partial charge in [-0.25, -0.2) is 4.79 Å². The Balaban J connectivity index is 1.88. The molecule has 1 aliphatic carbocycles. The Morgan fingerprint density at radius 1 is 1.29 bits per heavy atom. The Bertz CT molecular complexity index is 567. The molecule has 1 aliphatic rings. The molecule has 0 radical (unpaired) electrons. The minimum Gasteiger partial charge on any atom is -0.352 e. The van der Waals surface area contributed by atoms with E-state index in [4.69, 9.17) is 0 Å². The highest BCUT2D eigenvalue weighted by Crippen LogP contribution is 2.18. The van der Waals surface area contributed by atoms with Crippen LogP contribution in [-0.4, -0.2) is 42.3 Å². The second-order valence-electron chi connectivity index (χ2n) is 5.26. The van der Waals surface area contributed by atoms with E-state index >= 15 is 0 Å². The number of Topliss-reactive ketones (excluding diaryl/α,β-unsaturated/α-hetero) is 1. The second kappa shape index (κ2) is 6.39. The normalized spacial score (nSPS) is 13.4. The highest BCUT2D eigenvalue weighted by atomic mass is 16.2. The van der Waals surface area contributed by atoms with Gasteiger partial charge in [-0.2, -0.15) is 0 Å². The number of hydrogen-bond donors (Lipinski definition) is 2. The molecule has 0 aliphatic heterocycles. The summed E-state index contributed by atoms with van der Waals surface area (Å²) in [6, 6.07) is 6.58. The molecule has 2 rings (SSSR count). The molecular formula is C15H19N3O3. The number of nitrogens with zero attached hydrogens (tertiary/aromatic N) is 1. The molecule has 0 bridgehead atoms. The highest BCUT2D eigenvalue weighted by molar-refractivity contribution is 5.97. The van der Waals surface area contributed by atoms with E-state index < -0.39 is 0 Å². The zero-order chi connectivity index (χ0) is 15.4. The van der Waals surface area contributed by atoms with Gasteiger partial charge in [0.2, 0.25) is 5.91 Å². The lowest BCUT2D eigenvalue weighted by Crippen LogP contribution is -2.41. The molecule has 0 atom stereocenters. The standard InChI is InChI=1S/C15H19N3O3/c1-10(19)11-4-3-5-13(8-11)17-15(21)18(2)9-14(20)16-12-6-7-12/h3-5,8,12H,6-7,9H2,1-2H3,(H,16,20)(H,17,21). The summed E-state index contributed by atoms with van der Waals surface area (Å²) >= 11 is 0. The van der Waals surface area contributed by atoms with Crippen molar-refractivity contribution in [2.75, 3.05) is 18.9 Å². The molecule has 3 amide bonds. The number of hydrogen-bond acceptors (Lipinski definition) is 3. The molecule has 0 saturated heterocycles.